The molecule has 1 N–H and O–H groups in total. The number of amides is 1. The fourth-order valence-electron chi connectivity index (χ4n) is 3.78. The maximum atomic E-state index is 12.9. The largest absolute Gasteiger partial charge is 0.387 e. The molecule has 5 nitrogen and oxygen atoms in total. The summed E-state index contributed by atoms with van der Waals surface area (Å²) in [5.41, 5.74) is 3.14. The zero-order valence-corrected chi connectivity index (χ0v) is 15.8. The Hall–Kier alpha value is -2.24. The molecule has 138 valence electrons. The summed E-state index contributed by atoms with van der Waals surface area (Å²) in [5.74, 6) is -0.0140. The number of aliphatic hydroxyl groups is 1. The third kappa shape index (κ3) is 4.11. The van der Waals surface area contributed by atoms with Gasteiger partial charge in [-0.3, -0.25) is 9.78 Å². The highest BCUT2D eigenvalue weighted by atomic mass is 16.3. The molecule has 1 fully saturated rings. The molecule has 0 aliphatic carbocycles. The molecule has 0 spiro atoms. The van der Waals surface area contributed by atoms with Gasteiger partial charge in [0.2, 0.25) is 0 Å². The van der Waals surface area contributed by atoms with Crippen LogP contribution in [-0.4, -0.2) is 65.1 Å². The average Bonchev–Trinajstić information content (AvgIpc) is 2.61. The van der Waals surface area contributed by atoms with Crippen molar-refractivity contribution in [3.05, 3.63) is 53.9 Å². The lowest BCUT2D eigenvalue weighted by molar-refractivity contribution is -0.0391. The van der Waals surface area contributed by atoms with Crippen molar-refractivity contribution in [2.75, 3.05) is 33.7 Å². The Morgan fingerprint density at radius 2 is 2.00 bits per heavy atom. The Bertz CT molecular complexity index is 773. The molecule has 1 aromatic carbocycles. The molecule has 5 heteroatoms. The summed E-state index contributed by atoms with van der Waals surface area (Å²) in [7, 11) is 3.89. The van der Waals surface area contributed by atoms with Gasteiger partial charge in [0.05, 0.1) is 12.1 Å². The number of likely N-dealkylation sites (tertiary alicyclic amines) is 1. The van der Waals surface area contributed by atoms with Crippen LogP contribution in [0.5, 0.6) is 0 Å². The molecule has 2 aromatic rings. The number of rotatable bonds is 4. The highest BCUT2D eigenvalue weighted by Crippen LogP contribution is 2.25. The van der Waals surface area contributed by atoms with Crippen LogP contribution in [0.2, 0.25) is 0 Å². The van der Waals surface area contributed by atoms with Gasteiger partial charge in [0.15, 0.2) is 0 Å². The minimum atomic E-state index is -0.828. The summed E-state index contributed by atoms with van der Waals surface area (Å²) < 4.78 is 0. The second kappa shape index (κ2) is 7.56. The molecule has 2 heterocycles. The standard InChI is InChI=1S/C21H27N3O2/c1-16-13-22-11-9-19(16)17-5-7-18(8-6-17)20(25)24-12-4-10-21(26,15-24)14-23(2)3/h5-9,11,13,26H,4,10,12,14-15H2,1-3H3. The van der Waals surface area contributed by atoms with Crippen LogP contribution in [0.15, 0.2) is 42.7 Å². The Balaban J connectivity index is 1.75. The summed E-state index contributed by atoms with van der Waals surface area (Å²) >= 11 is 0. The molecule has 1 aliphatic heterocycles. The lowest BCUT2D eigenvalue weighted by Crippen LogP contribution is -2.54. The van der Waals surface area contributed by atoms with Gasteiger partial charge in [-0.05, 0) is 68.8 Å². The third-order valence-electron chi connectivity index (χ3n) is 4.92. The first-order valence-electron chi connectivity index (χ1n) is 9.05. The maximum absolute atomic E-state index is 12.9. The Morgan fingerprint density at radius 3 is 2.65 bits per heavy atom. The number of likely N-dealkylation sites (N-methyl/N-ethyl adjacent to an activating group) is 1. The van der Waals surface area contributed by atoms with Gasteiger partial charge >= 0.3 is 0 Å². The topological polar surface area (TPSA) is 56.7 Å². The molecule has 1 unspecified atom stereocenters. The summed E-state index contributed by atoms with van der Waals surface area (Å²) in [4.78, 5) is 20.8. The van der Waals surface area contributed by atoms with Crippen LogP contribution in [-0.2, 0) is 0 Å². The van der Waals surface area contributed by atoms with Crippen molar-refractivity contribution in [1.82, 2.24) is 14.8 Å². The Morgan fingerprint density at radius 1 is 1.27 bits per heavy atom. The minimum absolute atomic E-state index is 0.0140. The molecule has 0 bridgehead atoms. The number of hydrogen-bond donors (Lipinski definition) is 1. The first kappa shape index (κ1) is 18.5. The van der Waals surface area contributed by atoms with Crippen molar-refractivity contribution < 1.29 is 9.90 Å². The lowest BCUT2D eigenvalue weighted by Gasteiger charge is -2.40. The van der Waals surface area contributed by atoms with E-state index in [9.17, 15) is 9.90 Å². The minimum Gasteiger partial charge on any atom is -0.387 e. The monoisotopic (exact) mass is 353 g/mol. The lowest BCUT2D eigenvalue weighted by atomic mass is 9.91. The van der Waals surface area contributed by atoms with Gasteiger partial charge in [0.1, 0.15) is 0 Å². The van der Waals surface area contributed by atoms with Gasteiger partial charge in [0.25, 0.3) is 5.91 Å². The normalized spacial score (nSPS) is 20.4. The molecular weight excluding hydrogens is 326 g/mol. The van der Waals surface area contributed by atoms with E-state index in [2.05, 4.69) is 4.98 Å². The molecule has 1 saturated heterocycles. The van der Waals surface area contributed by atoms with E-state index in [0.717, 1.165) is 29.5 Å². The molecule has 0 saturated carbocycles. The quantitative estimate of drug-likeness (QED) is 0.918. The van der Waals surface area contributed by atoms with Gasteiger partial charge in [-0.25, -0.2) is 0 Å². The number of nitrogens with zero attached hydrogens (tertiary/aromatic N) is 3. The van der Waals surface area contributed by atoms with E-state index in [4.69, 9.17) is 0 Å². The van der Waals surface area contributed by atoms with Crippen molar-refractivity contribution in [1.29, 1.82) is 0 Å². The van der Waals surface area contributed by atoms with Gasteiger partial charge < -0.3 is 14.9 Å². The predicted octanol–water partition coefficient (Wildman–Crippen LogP) is 2.59. The van der Waals surface area contributed by atoms with Crippen LogP contribution < -0.4 is 0 Å². The number of piperidine rings is 1. The van der Waals surface area contributed by atoms with Crippen molar-refractivity contribution in [3.8, 4) is 11.1 Å². The van der Waals surface area contributed by atoms with Crippen molar-refractivity contribution in [2.24, 2.45) is 0 Å². The third-order valence-corrected chi connectivity index (χ3v) is 4.92. The van der Waals surface area contributed by atoms with E-state index < -0.39 is 5.60 Å². The number of pyridine rings is 1. The first-order valence-corrected chi connectivity index (χ1v) is 9.05. The zero-order chi connectivity index (χ0) is 18.7. The van der Waals surface area contributed by atoms with Crippen molar-refractivity contribution in [3.63, 3.8) is 0 Å². The smallest absolute Gasteiger partial charge is 0.253 e. The van der Waals surface area contributed by atoms with E-state index in [1.54, 1.807) is 11.1 Å². The maximum Gasteiger partial charge on any atom is 0.253 e. The van der Waals surface area contributed by atoms with Gasteiger partial charge in [-0.15, -0.1) is 0 Å². The molecule has 3 rings (SSSR count). The molecule has 1 aliphatic rings. The van der Waals surface area contributed by atoms with E-state index in [0.29, 0.717) is 25.2 Å². The van der Waals surface area contributed by atoms with Crippen LogP contribution >= 0.6 is 0 Å². The van der Waals surface area contributed by atoms with E-state index in [1.165, 1.54) is 0 Å². The number of hydrogen-bond acceptors (Lipinski definition) is 4. The fourth-order valence-corrected chi connectivity index (χ4v) is 3.78. The van der Waals surface area contributed by atoms with Gasteiger partial charge in [-0.1, -0.05) is 12.1 Å². The summed E-state index contributed by atoms with van der Waals surface area (Å²) in [5, 5.41) is 10.8. The summed E-state index contributed by atoms with van der Waals surface area (Å²) in [6.07, 6.45) is 5.17. The van der Waals surface area contributed by atoms with E-state index in [1.807, 2.05) is 62.4 Å². The van der Waals surface area contributed by atoms with Crippen LogP contribution in [0.4, 0.5) is 0 Å². The predicted molar refractivity (Wildman–Crippen MR) is 103 cm³/mol. The van der Waals surface area contributed by atoms with Crippen LogP contribution in [0.3, 0.4) is 0 Å². The summed E-state index contributed by atoms with van der Waals surface area (Å²) in [6.45, 7) is 3.67. The van der Waals surface area contributed by atoms with E-state index in [-0.39, 0.29) is 5.91 Å². The molecule has 1 atom stereocenters. The first-order chi connectivity index (χ1) is 12.4. The number of aryl methyl sites for hydroxylation is 1. The van der Waals surface area contributed by atoms with Crippen LogP contribution in [0.25, 0.3) is 11.1 Å². The highest BCUT2D eigenvalue weighted by Gasteiger charge is 2.35. The number of aromatic nitrogens is 1. The van der Waals surface area contributed by atoms with E-state index >= 15 is 0 Å². The van der Waals surface area contributed by atoms with Crippen molar-refractivity contribution in [2.45, 2.75) is 25.4 Å². The van der Waals surface area contributed by atoms with Crippen LogP contribution in [0, 0.1) is 6.92 Å². The molecule has 0 radical (unpaired) electrons. The van der Waals surface area contributed by atoms with Gasteiger partial charge in [-0.2, -0.15) is 0 Å². The number of benzene rings is 1. The number of carbonyl (C=O) groups excluding carboxylic acids is 1. The fraction of sp³-hybridized carbons (Fsp3) is 0.429. The number of β-amino-alcohol motifs (C(OH)–C–C–N with tert-alkyl or cyclic N) is 1. The second-order valence-corrected chi connectivity index (χ2v) is 7.56. The average molecular weight is 353 g/mol. The van der Waals surface area contributed by atoms with Crippen LogP contribution in [0.1, 0.15) is 28.8 Å². The SMILES string of the molecule is Cc1cnccc1-c1ccc(C(=O)N2CCCC(O)(CN(C)C)C2)cc1. The second-order valence-electron chi connectivity index (χ2n) is 7.56. The Kier molecular flexibility index (Phi) is 5.39. The van der Waals surface area contributed by atoms with Crippen molar-refractivity contribution >= 4 is 5.91 Å². The van der Waals surface area contributed by atoms with Gasteiger partial charge in [0, 0.05) is 31.0 Å². The molecule has 26 heavy (non-hydrogen) atoms. The molecule has 1 aromatic heterocycles. The molecule has 1 amide bonds. The zero-order valence-electron chi connectivity index (χ0n) is 15.8. The summed E-state index contributed by atoms with van der Waals surface area (Å²) in [6, 6.07) is 9.68. The number of carbonyl (C=O) groups is 1. The highest BCUT2D eigenvalue weighted by molar-refractivity contribution is 5.95. The molecular formula is C21H27N3O2. The Labute approximate surface area is 155 Å².